The van der Waals surface area contributed by atoms with Crippen LogP contribution in [0.25, 0.3) is 94.4 Å². The lowest BCUT2D eigenvalue weighted by Gasteiger charge is -2.13. The highest BCUT2D eigenvalue weighted by atomic mass is 16.3. The lowest BCUT2D eigenvalue weighted by Crippen LogP contribution is -2.01. The molecule has 5 nitrogen and oxygen atoms in total. The van der Waals surface area contributed by atoms with E-state index in [9.17, 15) is 0 Å². The van der Waals surface area contributed by atoms with Gasteiger partial charge in [0, 0.05) is 49.3 Å². The van der Waals surface area contributed by atoms with Crippen LogP contribution < -0.4 is 0 Å². The molecule has 0 bridgehead atoms. The highest BCUT2D eigenvalue weighted by molar-refractivity contribution is 6.19. The summed E-state index contributed by atoms with van der Waals surface area (Å²) in [6.45, 7) is 0. The molecule has 0 fully saturated rings. The molecule has 0 aliphatic carbocycles. The minimum absolute atomic E-state index is 0.610. The van der Waals surface area contributed by atoms with E-state index in [1.807, 2.05) is 72.8 Å². The second-order valence-corrected chi connectivity index (χ2v) is 12.0. The quantitative estimate of drug-likeness (QED) is 0.198. The minimum atomic E-state index is 0.610. The van der Waals surface area contributed by atoms with Crippen LogP contribution in [0, 0.1) is 0 Å². The first kappa shape index (κ1) is 26.6. The highest BCUT2D eigenvalue weighted by Crippen LogP contribution is 2.41. The molecule has 0 saturated heterocycles. The summed E-state index contributed by atoms with van der Waals surface area (Å²) in [5.41, 5.74) is 7.85. The number of rotatable bonds is 4. The number of nitrogens with zero attached hydrogens (tertiary/aromatic N) is 4. The van der Waals surface area contributed by atoms with Crippen LogP contribution in [-0.4, -0.2) is 19.5 Å². The van der Waals surface area contributed by atoms with Crippen molar-refractivity contribution in [2.45, 2.75) is 0 Å². The predicted octanol–water partition coefficient (Wildman–Crippen LogP) is 11.0. The molecule has 224 valence electrons. The maximum Gasteiger partial charge on any atom is 0.164 e. The Balaban J connectivity index is 1.32. The lowest BCUT2D eigenvalue weighted by molar-refractivity contribution is 0.672. The largest absolute Gasteiger partial charge is 0.455 e. The number of furan rings is 1. The molecule has 5 heteroatoms. The number of hydrogen-bond acceptors (Lipinski definition) is 4. The van der Waals surface area contributed by atoms with Crippen LogP contribution in [0.4, 0.5) is 0 Å². The summed E-state index contributed by atoms with van der Waals surface area (Å²) >= 11 is 0. The average Bonchev–Trinajstić information content (AvgIpc) is 3.71. The van der Waals surface area contributed by atoms with Crippen molar-refractivity contribution in [3.63, 3.8) is 0 Å². The zero-order valence-electron chi connectivity index (χ0n) is 25.7. The van der Waals surface area contributed by atoms with Gasteiger partial charge in [-0.3, -0.25) is 0 Å². The molecular weight excluding hydrogens is 589 g/mol. The van der Waals surface area contributed by atoms with E-state index in [-0.39, 0.29) is 0 Å². The van der Waals surface area contributed by atoms with Gasteiger partial charge in [0.15, 0.2) is 17.5 Å². The minimum Gasteiger partial charge on any atom is -0.455 e. The maximum absolute atomic E-state index is 6.55. The summed E-state index contributed by atoms with van der Waals surface area (Å²) in [5.74, 6) is 1.87. The Labute approximate surface area is 275 Å². The van der Waals surface area contributed by atoms with Gasteiger partial charge in [0.1, 0.15) is 11.2 Å². The monoisotopic (exact) mass is 614 g/mol. The molecule has 0 atom stereocenters. The topological polar surface area (TPSA) is 56.7 Å². The molecular formula is C43H26N4O. The van der Waals surface area contributed by atoms with Crippen LogP contribution in [-0.2, 0) is 0 Å². The predicted molar refractivity (Wildman–Crippen MR) is 195 cm³/mol. The van der Waals surface area contributed by atoms with Crippen molar-refractivity contribution in [2.75, 3.05) is 0 Å². The summed E-state index contributed by atoms with van der Waals surface area (Å²) in [5, 5.41) is 6.54. The van der Waals surface area contributed by atoms with Gasteiger partial charge < -0.3 is 8.98 Å². The van der Waals surface area contributed by atoms with E-state index in [4.69, 9.17) is 19.4 Å². The molecule has 7 aromatic carbocycles. The van der Waals surface area contributed by atoms with Gasteiger partial charge in [-0.2, -0.15) is 0 Å². The molecule has 0 amide bonds. The fourth-order valence-corrected chi connectivity index (χ4v) is 7.04. The van der Waals surface area contributed by atoms with Crippen LogP contribution in [0.1, 0.15) is 0 Å². The normalized spacial score (nSPS) is 11.8. The van der Waals surface area contributed by atoms with Gasteiger partial charge in [0.25, 0.3) is 0 Å². The highest BCUT2D eigenvalue weighted by Gasteiger charge is 2.20. The molecule has 0 saturated carbocycles. The fourth-order valence-electron chi connectivity index (χ4n) is 7.04. The standard InChI is InChI=1S/C43H26N4O/c1-3-13-27(14-4-1)41-44-42(28-15-5-2-6-16-28)46-43(45-41)36-26-35-32-19-9-12-22-39(32)48-40(35)33-24-23-29(25-34(33)36)47-37-20-10-7-17-30(37)31-18-8-11-21-38(31)47/h1-26H. The molecule has 10 aromatic rings. The van der Waals surface area contributed by atoms with Crippen molar-refractivity contribution < 1.29 is 4.42 Å². The van der Waals surface area contributed by atoms with Crippen molar-refractivity contribution in [1.82, 2.24) is 19.5 Å². The molecule has 0 aliphatic heterocycles. The number of para-hydroxylation sites is 3. The van der Waals surface area contributed by atoms with E-state index >= 15 is 0 Å². The molecule has 0 unspecified atom stereocenters. The first-order valence-electron chi connectivity index (χ1n) is 16.0. The van der Waals surface area contributed by atoms with Crippen LogP contribution in [0.15, 0.2) is 162 Å². The number of hydrogen-bond donors (Lipinski definition) is 0. The summed E-state index contributed by atoms with van der Waals surface area (Å²) in [6.07, 6.45) is 0. The Kier molecular flexibility index (Phi) is 5.81. The van der Waals surface area contributed by atoms with Crippen LogP contribution in [0.2, 0.25) is 0 Å². The number of aromatic nitrogens is 4. The van der Waals surface area contributed by atoms with Crippen molar-refractivity contribution in [2.24, 2.45) is 0 Å². The third-order valence-electron chi connectivity index (χ3n) is 9.24. The first-order chi connectivity index (χ1) is 23.8. The molecule has 0 spiro atoms. The van der Waals surface area contributed by atoms with Gasteiger partial charge >= 0.3 is 0 Å². The van der Waals surface area contributed by atoms with E-state index < -0.39 is 0 Å². The van der Waals surface area contributed by atoms with Gasteiger partial charge in [-0.25, -0.2) is 15.0 Å². The van der Waals surface area contributed by atoms with Crippen LogP contribution in [0.5, 0.6) is 0 Å². The van der Waals surface area contributed by atoms with Crippen molar-refractivity contribution in [3.05, 3.63) is 158 Å². The van der Waals surface area contributed by atoms with Crippen molar-refractivity contribution >= 4 is 54.5 Å². The SMILES string of the molecule is c1ccc(-c2nc(-c3ccccc3)nc(-c3cc4c5ccccc5oc4c4ccc(-n5c6ccccc6c6ccccc65)cc34)n2)cc1. The Morgan fingerprint density at radius 2 is 0.938 bits per heavy atom. The zero-order valence-corrected chi connectivity index (χ0v) is 25.7. The first-order valence-corrected chi connectivity index (χ1v) is 16.0. The Morgan fingerprint density at radius 1 is 0.396 bits per heavy atom. The van der Waals surface area contributed by atoms with Crippen LogP contribution >= 0.6 is 0 Å². The van der Waals surface area contributed by atoms with Crippen LogP contribution in [0.3, 0.4) is 0 Å². The third kappa shape index (κ3) is 4.08. The van der Waals surface area contributed by atoms with E-state index in [0.717, 1.165) is 66.1 Å². The molecule has 3 heterocycles. The molecule has 3 aromatic heterocycles. The molecule has 0 aliphatic rings. The summed E-state index contributed by atoms with van der Waals surface area (Å²) in [4.78, 5) is 15.3. The molecule has 48 heavy (non-hydrogen) atoms. The molecule has 0 N–H and O–H groups in total. The second kappa shape index (κ2) is 10.5. The fraction of sp³-hybridized carbons (Fsp3) is 0. The summed E-state index contributed by atoms with van der Waals surface area (Å²) in [7, 11) is 0. The Hall–Kier alpha value is -6.59. The van der Waals surface area contributed by atoms with Gasteiger partial charge in [-0.05, 0) is 47.9 Å². The van der Waals surface area contributed by atoms with Gasteiger partial charge in [0.2, 0.25) is 0 Å². The Morgan fingerprint density at radius 3 is 1.58 bits per heavy atom. The average molecular weight is 615 g/mol. The van der Waals surface area contributed by atoms with Gasteiger partial charge in [-0.15, -0.1) is 0 Å². The van der Waals surface area contributed by atoms with Gasteiger partial charge in [0.05, 0.1) is 11.0 Å². The van der Waals surface area contributed by atoms with Crippen molar-refractivity contribution in [1.29, 1.82) is 0 Å². The van der Waals surface area contributed by atoms with Crippen molar-refractivity contribution in [3.8, 4) is 39.9 Å². The number of fused-ring (bicyclic) bond motifs is 8. The summed E-state index contributed by atoms with van der Waals surface area (Å²) in [6, 6.07) is 54.4. The second-order valence-electron chi connectivity index (χ2n) is 12.0. The van der Waals surface area contributed by atoms with E-state index in [1.54, 1.807) is 0 Å². The smallest absolute Gasteiger partial charge is 0.164 e. The van der Waals surface area contributed by atoms with Gasteiger partial charge in [-0.1, -0.05) is 115 Å². The van der Waals surface area contributed by atoms with E-state index in [1.165, 1.54) is 10.8 Å². The maximum atomic E-state index is 6.55. The number of benzene rings is 7. The third-order valence-corrected chi connectivity index (χ3v) is 9.24. The molecule has 0 radical (unpaired) electrons. The zero-order chi connectivity index (χ0) is 31.6. The van der Waals surface area contributed by atoms with E-state index in [2.05, 4.69) is 89.5 Å². The van der Waals surface area contributed by atoms with E-state index in [0.29, 0.717) is 17.5 Å². The summed E-state index contributed by atoms with van der Waals surface area (Å²) < 4.78 is 8.90. The Bertz CT molecular complexity index is 2720. The lowest BCUT2D eigenvalue weighted by atomic mass is 9.98. The molecule has 10 rings (SSSR count).